The number of ether oxygens (including phenoxy) is 1. The molecule has 7 N–H and O–H groups in total. The Balaban J connectivity index is 0.000000342. The molecule has 4 rings (SSSR count). The van der Waals surface area contributed by atoms with Crippen LogP contribution in [-0.2, 0) is 14.3 Å². The van der Waals surface area contributed by atoms with Crippen LogP contribution in [0.1, 0.15) is 36.0 Å². The van der Waals surface area contributed by atoms with Crippen molar-refractivity contribution in [1.29, 1.82) is 0 Å². The van der Waals surface area contributed by atoms with Gasteiger partial charge in [0, 0.05) is 31.3 Å². The second-order valence-corrected chi connectivity index (χ2v) is 9.78. The quantitative estimate of drug-likeness (QED) is 0.255. The summed E-state index contributed by atoms with van der Waals surface area (Å²) in [5.74, 6) is -3.19. The first kappa shape index (κ1) is 29.5. The van der Waals surface area contributed by atoms with E-state index in [2.05, 4.69) is 15.2 Å². The van der Waals surface area contributed by atoms with Crippen LogP contribution in [0.2, 0.25) is 5.02 Å². The number of nitrogens with two attached hydrogens (primary N) is 1. The van der Waals surface area contributed by atoms with E-state index in [1.807, 2.05) is 6.07 Å². The Labute approximate surface area is 224 Å². The van der Waals surface area contributed by atoms with Crippen molar-refractivity contribution >= 4 is 46.0 Å². The van der Waals surface area contributed by atoms with Crippen molar-refractivity contribution in [2.75, 3.05) is 38.5 Å². The predicted octanol–water partition coefficient (Wildman–Crippen LogP) is 0.969. The number of nitrogen functional groups attached to an aromatic ring is 1. The third-order valence-electron chi connectivity index (χ3n) is 6.68. The van der Waals surface area contributed by atoms with Crippen LogP contribution in [-0.4, -0.2) is 99.3 Å². The normalized spacial score (nSPS) is 19.8. The van der Waals surface area contributed by atoms with Gasteiger partial charge in [0.05, 0.1) is 27.9 Å². The van der Waals surface area contributed by atoms with Gasteiger partial charge in [-0.1, -0.05) is 11.6 Å². The molecule has 0 saturated carbocycles. The van der Waals surface area contributed by atoms with E-state index in [9.17, 15) is 14.4 Å². The number of carboxylic acid groups (broad SMARTS) is 2. The fraction of sp³-hybridized carbons (Fsp3) is 0.520. The van der Waals surface area contributed by atoms with Crippen LogP contribution in [0.4, 0.5) is 5.69 Å². The van der Waals surface area contributed by atoms with Gasteiger partial charge in [0.1, 0.15) is 0 Å². The number of rotatable bonds is 8. The number of hydrogen-bond donors (Lipinski definition) is 6. The summed E-state index contributed by atoms with van der Waals surface area (Å²) < 4.78 is 5.74. The number of aliphatic hydroxyl groups is 2. The Bertz CT molecular complexity index is 1120. The summed E-state index contributed by atoms with van der Waals surface area (Å²) in [5.41, 5.74) is 7.56. The van der Waals surface area contributed by atoms with Crippen LogP contribution in [0, 0.1) is 5.92 Å². The predicted molar refractivity (Wildman–Crippen MR) is 139 cm³/mol. The Hall–Kier alpha value is -3.03. The number of carbonyl (C=O) groups excluding carboxylic acids is 1. The molecule has 38 heavy (non-hydrogen) atoms. The number of aromatic nitrogens is 1. The van der Waals surface area contributed by atoms with Gasteiger partial charge in [0.2, 0.25) is 0 Å². The molecule has 12 nitrogen and oxygen atoms in total. The zero-order valence-electron chi connectivity index (χ0n) is 20.8. The van der Waals surface area contributed by atoms with Crippen molar-refractivity contribution in [3.63, 3.8) is 0 Å². The topological polar surface area (TPSA) is 196 Å². The van der Waals surface area contributed by atoms with Crippen molar-refractivity contribution in [3.8, 4) is 0 Å². The van der Waals surface area contributed by atoms with Gasteiger partial charge in [-0.2, -0.15) is 0 Å². The Kier molecular flexibility index (Phi) is 10.6. The number of halogens is 1. The smallest absolute Gasteiger partial charge is 0.335 e. The van der Waals surface area contributed by atoms with E-state index >= 15 is 0 Å². The van der Waals surface area contributed by atoms with Gasteiger partial charge in [-0.15, -0.1) is 0 Å². The summed E-state index contributed by atoms with van der Waals surface area (Å²) in [6.45, 7) is 4.76. The molecule has 2 aliphatic rings. The highest BCUT2D eigenvalue weighted by Gasteiger charge is 2.29. The Morgan fingerprint density at radius 3 is 2.39 bits per heavy atom. The van der Waals surface area contributed by atoms with Crippen LogP contribution in [0.3, 0.4) is 0 Å². The molecule has 1 unspecified atom stereocenters. The van der Waals surface area contributed by atoms with E-state index in [0.29, 0.717) is 45.7 Å². The van der Waals surface area contributed by atoms with Gasteiger partial charge in [0.15, 0.2) is 12.2 Å². The lowest BCUT2D eigenvalue weighted by Crippen LogP contribution is -2.41. The molecule has 2 fully saturated rings. The minimum Gasteiger partial charge on any atom is -0.479 e. The number of carboxylic acids is 2. The third-order valence-corrected chi connectivity index (χ3v) is 6.99. The number of carbonyl (C=O) groups is 3. The number of fused-ring (bicyclic) bond motifs is 1. The molecular weight excluding hydrogens is 520 g/mol. The van der Waals surface area contributed by atoms with Crippen LogP contribution in [0.5, 0.6) is 0 Å². The van der Waals surface area contributed by atoms with Gasteiger partial charge < -0.3 is 41.1 Å². The van der Waals surface area contributed by atoms with E-state index in [1.54, 1.807) is 18.3 Å². The summed E-state index contributed by atoms with van der Waals surface area (Å²) in [6, 6.07) is 5.25. The molecular formula is C25H33ClN4O8. The number of nitrogens with one attached hydrogen (secondary N) is 1. The molecule has 2 saturated heterocycles. The molecule has 3 heterocycles. The van der Waals surface area contributed by atoms with Gasteiger partial charge in [-0.25, -0.2) is 9.59 Å². The van der Waals surface area contributed by atoms with Crippen LogP contribution in [0.15, 0.2) is 24.4 Å². The average molecular weight is 553 g/mol. The van der Waals surface area contributed by atoms with Gasteiger partial charge in [-0.05, 0) is 62.9 Å². The molecule has 3 atom stereocenters. The van der Waals surface area contributed by atoms with Crippen molar-refractivity contribution in [3.05, 3.63) is 35.0 Å². The lowest BCUT2D eigenvalue weighted by atomic mass is 9.96. The standard InChI is InChI=1S/C21H27ClN4O2.C4H6O6/c22-18-11-17(20-16(19(18)23)4-1-7-24-20)21(27)25-12-14-5-8-26(9-6-14)13-15-3-2-10-28-15;5-1(3(7)8)2(6)4(9)10/h1,4,7,11,14-15H,2-3,5-6,8-10,12-13,23H2,(H,25,27);1-2,5-6H,(H,7,8)(H,9,10)/t;1-,2-/m.1/s1. The lowest BCUT2D eigenvalue weighted by Gasteiger charge is -2.33. The highest BCUT2D eigenvalue weighted by Crippen LogP contribution is 2.30. The first-order valence-electron chi connectivity index (χ1n) is 12.3. The number of nitrogens with zero attached hydrogens (tertiary/aromatic N) is 2. The van der Waals surface area contributed by atoms with Crippen molar-refractivity contribution in [1.82, 2.24) is 15.2 Å². The second-order valence-electron chi connectivity index (χ2n) is 9.37. The number of amides is 1. The second kappa shape index (κ2) is 13.7. The minimum absolute atomic E-state index is 0.146. The summed E-state index contributed by atoms with van der Waals surface area (Å²) in [7, 11) is 0. The SMILES string of the molecule is Nc1c(Cl)cc(C(=O)NCC2CCN(CC3CCCO3)CC2)c2ncccc12.O=C(O)[C@H](O)[C@@H](O)C(=O)O. The number of anilines is 1. The van der Waals surface area contributed by atoms with E-state index in [-0.39, 0.29) is 5.91 Å². The highest BCUT2D eigenvalue weighted by molar-refractivity contribution is 6.35. The van der Waals surface area contributed by atoms with Crippen LogP contribution < -0.4 is 11.1 Å². The van der Waals surface area contributed by atoms with E-state index in [1.165, 1.54) is 12.8 Å². The highest BCUT2D eigenvalue weighted by atomic mass is 35.5. The molecule has 13 heteroatoms. The fourth-order valence-electron chi connectivity index (χ4n) is 4.46. The average Bonchev–Trinajstić information content (AvgIpc) is 3.42. The summed E-state index contributed by atoms with van der Waals surface area (Å²) in [4.78, 5) is 39.2. The number of piperidine rings is 1. The lowest BCUT2D eigenvalue weighted by molar-refractivity contribution is -0.165. The summed E-state index contributed by atoms with van der Waals surface area (Å²) in [5, 5.41) is 36.7. The van der Waals surface area contributed by atoms with E-state index in [0.717, 1.165) is 39.1 Å². The molecule has 0 bridgehead atoms. The third kappa shape index (κ3) is 7.74. The number of hydrogen-bond acceptors (Lipinski definition) is 9. The molecule has 0 aliphatic carbocycles. The maximum atomic E-state index is 12.8. The monoisotopic (exact) mass is 552 g/mol. The molecule has 2 aliphatic heterocycles. The molecule has 0 radical (unpaired) electrons. The zero-order valence-corrected chi connectivity index (χ0v) is 21.5. The number of aliphatic carboxylic acids is 2. The number of benzene rings is 1. The largest absolute Gasteiger partial charge is 0.479 e. The van der Waals surface area contributed by atoms with Gasteiger partial charge in [-0.3, -0.25) is 9.78 Å². The first-order valence-corrected chi connectivity index (χ1v) is 12.7. The zero-order chi connectivity index (χ0) is 27.8. The number of pyridine rings is 1. The minimum atomic E-state index is -2.27. The molecule has 208 valence electrons. The molecule has 0 spiro atoms. The molecule has 2 aromatic rings. The van der Waals surface area contributed by atoms with E-state index < -0.39 is 24.1 Å². The van der Waals surface area contributed by atoms with Gasteiger partial charge >= 0.3 is 11.9 Å². The number of aliphatic hydroxyl groups excluding tert-OH is 2. The molecule has 1 amide bonds. The van der Waals surface area contributed by atoms with Crippen molar-refractivity contribution < 1.29 is 39.5 Å². The van der Waals surface area contributed by atoms with E-state index in [4.69, 9.17) is 42.5 Å². The Morgan fingerprint density at radius 2 is 1.82 bits per heavy atom. The number of likely N-dealkylation sites (tertiary alicyclic amines) is 1. The fourth-order valence-corrected chi connectivity index (χ4v) is 4.67. The van der Waals surface area contributed by atoms with Crippen molar-refractivity contribution in [2.24, 2.45) is 5.92 Å². The van der Waals surface area contributed by atoms with Crippen LogP contribution in [0.25, 0.3) is 10.9 Å². The van der Waals surface area contributed by atoms with Crippen molar-refractivity contribution in [2.45, 2.75) is 44.0 Å². The summed E-state index contributed by atoms with van der Waals surface area (Å²) in [6.07, 6.45) is 2.09. The first-order chi connectivity index (χ1) is 18.1. The van der Waals surface area contributed by atoms with Crippen LogP contribution >= 0.6 is 11.6 Å². The Morgan fingerprint density at radius 1 is 1.16 bits per heavy atom. The maximum absolute atomic E-state index is 12.8. The molecule has 1 aromatic carbocycles. The molecule has 1 aromatic heterocycles. The maximum Gasteiger partial charge on any atom is 0.335 e. The summed E-state index contributed by atoms with van der Waals surface area (Å²) >= 11 is 6.22. The van der Waals surface area contributed by atoms with Gasteiger partial charge in [0.25, 0.3) is 5.91 Å².